The first-order chi connectivity index (χ1) is 11.6. The topological polar surface area (TPSA) is 68.9 Å². The van der Waals surface area contributed by atoms with Crippen molar-refractivity contribution in [3.05, 3.63) is 53.6 Å². The quantitative estimate of drug-likeness (QED) is 0.305. The molecule has 0 fully saturated rings. The summed E-state index contributed by atoms with van der Waals surface area (Å²) in [6, 6.07) is 13.5. The molecule has 0 atom stereocenters. The molecule has 0 saturated heterocycles. The lowest BCUT2D eigenvalue weighted by Gasteiger charge is -2.10. The molecule has 25 heavy (non-hydrogen) atoms. The van der Waals surface area contributed by atoms with E-state index in [4.69, 9.17) is 21.6 Å². The van der Waals surface area contributed by atoms with Crippen molar-refractivity contribution in [2.45, 2.75) is 13.5 Å². The van der Waals surface area contributed by atoms with E-state index < -0.39 is 0 Å². The van der Waals surface area contributed by atoms with E-state index in [1.165, 1.54) is 5.56 Å². The molecular formula is C19H22IN3O2. The number of anilines is 1. The lowest BCUT2D eigenvalue weighted by atomic mass is 10.2. The summed E-state index contributed by atoms with van der Waals surface area (Å²) in [5.41, 5.74) is 8.95. The van der Waals surface area contributed by atoms with Gasteiger partial charge in [0.25, 0.3) is 0 Å². The predicted octanol–water partition coefficient (Wildman–Crippen LogP) is 3.56. The van der Waals surface area contributed by atoms with Crippen LogP contribution in [0.3, 0.4) is 0 Å². The molecule has 5 nitrogen and oxygen atoms in total. The predicted molar refractivity (Wildman–Crippen MR) is 113 cm³/mol. The first kappa shape index (κ1) is 20.6. The van der Waals surface area contributed by atoms with Crippen molar-refractivity contribution in [3.8, 4) is 23.8 Å². The number of nitrogens with zero attached hydrogens (tertiary/aromatic N) is 1. The zero-order valence-electron chi connectivity index (χ0n) is 14.3. The number of rotatable bonds is 6. The van der Waals surface area contributed by atoms with E-state index in [-0.39, 0.29) is 30.6 Å². The molecule has 0 radical (unpaired) electrons. The van der Waals surface area contributed by atoms with Crippen molar-refractivity contribution in [2.75, 3.05) is 19.0 Å². The van der Waals surface area contributed by atoms with E-state index >= 15 is 0 Å². The number of aryl methyl sites for hydroxylation is 1. The fraction of sp³-hybridized carbons (Fsp3) is 0.211. The van der Waals surface area contributed by atoms with Crippen LogP contribution in [0.5, 0.6) is 11.5 Å². The Labute approximate surface area is 165 Å². The van der Waals surface area contributed by atoms with Crippen LogP contribution in [0.25, 0.3) is 0 Å². The number of benzene rings is 2. The summed E-state index contributed by atoms with van der Waals surface area (Å²) in [4.78, 5) is 4.34. The molecule has 132 valence electrons. The second-order valence-electron chi connectivity index (χ2n) is 5.17. The maximum absolute atomic E-state index is 5.92. The summed E-state index contributed by atoms with van der Waals surface area (Å²) < 4.78 is 10.7. The molecule has 0 heterocycles. The molecule has 0 amide bonds. The van der Waals surface area contributed by atoms with Gasteiger partial charge >= 0.3 is 0 Å². The zero-order valence-corrected chi connectivity index (χ0v) is 16.6. The van der Waals surface area contributed by atoms with Crippen molar-refractivity contribution < 1.29 is 9.47 Å². The second kappa shape index (κ2) is 10.5. The maximum atomic E-state index is 5.92. The number of nitrogens with two attached hydrogens (primary N) is 1. The molecule has 2 rings (SSSR count). The van der Waals surface area contributed by atoms with Crippen LogP contribution < -0.4 is 20.5 Å². The number of nitrogens with one attached hydrogen (secondary N) is 1. The molecule has 0 spiro atoms. The molecule has 0 aromatic heterocycles. The largest absolute Gasteiger partial charge is 0.493 e. The standard InChI is InChI=1S/C19H21N3O2.HI/c1-4-11-24-18-12-15(7-10-17(18)23-3)13-21-19(20)22-16-8-5-14(2)6-9-16;/h1,5-10,12H,11,13H2,2-3H3,(H3,20,21,22);1H. The minimum absolute atomic E-state index is 0. The van der Waals surface area contributed by atoms with Crippen molar-refractivity contribution in [2.24, 2.45) is 10.7 Å². The van der Waals surface area contributed by atoms with E-state index in [9.17, 15) is 0 Å². The summed E-state index contributed by atoms with van der Waals surface area (Å²) >= 11 is 0. The Morgan fingerprint density at radius 1 is 1.20 bits per heavy atom. The van der Waals surface area contributed by atoms with Gasteiger partial charge in [-0.25, -0.2) is 4.99 Å². The van der Waals surface area contributed by atoms with Crippen molar-refractivity contribution in [1.82, 2.24) is 0 Å². The summed E-state index contributed by atoms with van der Waals surface area (Å²) in [5.74, 6) is 4.00. The van der Waals surface area contributed by atoms with Gasteiger partial charge < -0.3 is 20.5 Å². The Morgan fingerprint density at radius 2 is 1.92 bits per heavy atom. The Hall–Kier alpha value is -2.40. The summed E-state index contributed by atoms with van der Waals surface area (Å²) in [6.45, 7) is 2.63. The van der Waals surface area contributed by atoms with Gasteiger partial charge in [0.1, 0.15) is 6.61 Å². The highest BCUT2D eigenvalue weighted by Crippen LogP contribution is 2.28. The highest BCUT2D eigenvalue weighted by atomic mass is 127. The zero-order chi connectivity index (χ0) is 17.4. The van der Waals surface area contributed by atoms with Crippen LogP contribution >= 0.6 is 24.0 Å². The smallest absolute Gasteiger partial charge is 0.193 e. The monoisotopic (exact) mass is 451 g/mol. The Bertz CT molecular complexity index is 752. The maximum Gasteiger partial charge on any atom is 0.193 e. The van der Waals surface area contributed by atoms with Crippen LogP contribution in [0, 0.1) is 19.3 Å². The molecule has 0 bridgehead atoms. The fourth-order valence-electron chi connectivity index (χ4n) is 2.05. The van der Waals surface area contributed by atoms with Gasteiger partial charge in [-0.1, -0.05) is 29.7 Å². The Balaban J connectivity index is 0.00000312. The van der Waals surface area contributed by atoms with Gasteiger partial charge in [0.05, 0.1) is 13.7 Å². The number of methoxy groups -OCH3 is 1. The van der Waals surface area contributed by atoms with Crippen LogP contribution in [0.4, 0.5) is 5.69 Å². The number of ether oxygens (including phenoxy) is 2. The lowest BCUT2D eigenvalue weighted by molar-refractivity contribution is 0.330. The lowest BCUT2D eigenvalue weighted by Crippen LogP contribution is -2.22. The van der Waals surface area contributed by atoms with E-state index in [0.717, 1.165) is 11.3 Å². The Morgan fingerprint density at radius 3 is 2.56 bits per heavy atom. The van der Waals surface area contributed by atoms with Gasteiger partial charge in [-0.05, 0) is 36.8 Å². The second-order valence-corrected chi connectivity index (χ2v) is 5.17. The van der Waals surface area contributed by atoms with Crippen LogP contribution in [0.15, 0.2) is 47.5 Å². The van der Waals surface area contributed by atoms with Gasteiger partial charge in [-0.2, -0.15) is 0 Å². The van der Waals surface area contributed by atoms with Gasteiger partial charge in [-0.3, -0.25) is 0 Å². The van der Waals surface area contributed by atoms with Crippen molar-refractivity contribution in [1.29, 1.82) is 0 Å². The van der Waals surface area contributed by atoms with Crippen LogP contribution in [0.2, 0.25) is 0 Å². The molecule has 2 aromatic rings. The number of guanidine groups is 1. The average molecular weight is 451 g/mol. The van der Waals surface area contributed by atoms with Gasteiger partial charge in [0.15, 0.2) is 17.5 Å². The highest BCUT2D eigenvalue weighted by Gasteiger charge is 2.05. The number of aliphatic imine (C=N–C) groups is 1. The van der Waals surface area contributed by atoms with Gasteiger partial charge in [0, 0.05) is 5.69 Å². The fourth-order valence-corrected chi connectivity index (χ4v) is 2.05. The van der Waals surface area contributed by atoms with Crippen molar-refractivity contribution in [3.63, 3.8) is 0 Å². The third kappa shape index (κ3) is 6.55. The van der Waals surface area contributed by atoms with Crippen molar-refractivity contribution >= 4 is 35.6 Å². The summed E-state index contributed by atoms with van der Waals surface area (Å²) in [7, 11) is 1.58. The normalized spacial score (nSPS) is 10.4. The van der Waals surface area contributed by atoms with Gasteiger partial charge in [0.2, 0.25) is 0 Å². The van der Waals surface area contributed by atoms with E-state index in [2.05, 4.69) is 16.2 Å². The SMILES string of the molecule is C#CCOc1cc(CN=C(N)Nc2ccc(C)cc2)ccc1OC.I. The number of hydrogen-bond donors (Lipinski definition) is 2. The number of halogens is 1. The van der Waals surface area contributed by atoms with E-state index in [1.54, 1.807) is 7.11 Å². The van der Waals surface area contributed by atoms with Crippen LogP contribution in [-0.4, -0.2) is 19.7 Å². The molecule has 0 aliphatic rings. The minimum Gasteiger partial charge on any atom is -0.493 e. The highest BCUT2D eigenvalue weighted by molar-refractivity contribution is 14.0. The van der Waals surface area contributed by atoms with E-state index in [0.29, 0.717) is 24.0 Å². The van der Waals surface area contributed by atoms with Crippen LogP contribution in [0.1, 0.15) is 11.1 Å². The summed E-state index contributed by atoms with van der Waals surface area (Å²) in [5, 5.41) is 3.06. The molecule has 2 aromatic carbocycles. The Kier molecular flexibility index (Phi) is 8.64. The number of hydrogen-bond acceptors (Lipinski definition) is 3. The molecular weight excluding hydrogens is 429 g/mol. The molecule has 0 unspecified atom stereocenters. The van der Waals surface area contributed by atoms with Crippen LogP contribution in [-0.2, 0) is 6.54 Å². The van der Waals surface area contributed by atoms with Gasteiger partial charge in [-0.15, -0.1) is 30.4 Å². The molecule has 0 aliphatic carbocycles. The molecule has 6 heteroatoms. The van der Waals surface area contributed by atoms with E-state index in [1.807, 2.05) is 49.4 Å². The molecule has 0 saturated carbocycles. The first-order valence-electron chi connectivity index (χ1n) is 7.49. The average Bonchev–Trinajstić information content (AvgIpc) is 2.60. The first-order valence-corrected chi connectivity index (χ1v) is 7.49. The summed E-state index contributed by atoms with van der Waals surface area (Å²) in [6.07, 6.45) is 5.22. The molecule has 3 N–H and O–H groups in total. The third-order valence-corrected chi connectivity index (χ3v) is 3.29. The minimum atomic E-state index is 0. The molecule has 0 aliphatic heterocycles. The third-order valence-electron chi connectivity index (χ3n) is 3.29. The number of terminal acetylenes is 1.